The highest BCUT2D eigenvalue weighted by atomic mass is 31.2. The van der Waals surface area contributed by atoms with Crippen LogP contribution < -0.4 is 0 Å². The number of hydrogen-bond acceptors (Lipinski definition) is 4. The molecule has 0 aromatic heterocycles. The molecule has 0 fully saturated rings. The zero-order valence-corrected chi connectivity index (χ0v) is 24.5. The van der Waals surface area contributed by atoms with E-state index in [2.05, 4.69) is 27.7 Å². The standard InChI is InChI=1S/C25H54O8P2/c1-5-8-11-14-17-24(18-15-12-9-6-2)20-25(21-32-34(26,27)28,22-33-35(29,30)31)19-23(4)16-13-10-7-3/h23-24H,5-22H2,1-4H3,(H2,26,27,28)(H2,29,30,31). The molecule has 0 heterocycles. The highest BCUT2D eigenvalue weighted by Crippen LogP contribution is 2.47. The van der Waals surface area contributed by atoms with Crippen molar-refractivity contribution in [3.63, 3.8) is 0 Å². The van der Waals surface area contributed by atoms with Gasteiger partial charge < -0.3 is 19.6 Å². The first-order chi connectivity index (χ1) is 16.4. The van der Waals surface area contributed by atoms with Crippen LogP contribution in [0.1, 0.15) is 130 Å². The van der Waals surface area contributed by atoms with Gasteiger partial charge in [-0.3, -0.25) is 9.05 Å². The van der Waals surface area contributed by atoms with Crippen LogP contribution in [0.2, 0.25) is 0 Å². The molecule has 0 aliphatic rings. The summed E-state index contributed by atoms with van der Waals surface area (Å²) in [7, 11) is -9.50. The molecule has 4 N–H and O–H groups in total. The lowest BCUT2D eigenvalue weighted by molar-refractivity contribution is 0.00887. The molecule has 0 aliphatic carbocycles. The van der Waals surface area contributed by atoms with Crippen LogP contribution in [0.4, 0.5) is 0 Å². The predicted molar refractivity (Wildman–Crippen MR) is 142 cm³/mol. The highest BCUT2D eigenvalue weighted by molar-refractivity contribution is 7.46. The maximum absolute atomic E-state index is 11.6. The third-order valence-electron chi connectivity index (χ3n) is 6.81. The summed E-state index contributed by atoms with van der Waals surface area (Å²) < 4.78 is 33.3. The first-order valence-corrected chi connectivity index (χ1v) is 16.8. The summed E-state index contributed by atoms with van der Waals surface area (Å²) in [6, 6.07) is 0. The van der Waals surface area contributed by atoms with Crippen LogP contribution in [0.25, 0.3) is 0 Å². The van der Waals surface area contributed by atoms with Gasteiger partial charge >= 0.3 is 15.6 Å². The summed E-state index contributed by atoms with van der Waals surface area (Å²) in [4.78, 5) is 37.8. The fourth-order valence-corrected chi connectivity index (χ4v) is 5.95. The van der Waals surface area contributed by atoms with Crippen molar-refractivity contribution in [3.8, 4) is 0 Å². The molecule has 35 heavy (non-hydrogen) atoms. The van der Waals surface area contributed by atoms with Gasteiger partial charge in [0, 0.05) is 5.41 Å². The molecular weight excluding hydrogens is 490 g/mol. The fraction of sp³-hybridized carbons (Fsp3) is 1.00. The number of phosphoric ester groups is 2. The zero-order valence-electron chi connectivity index (χ0n) is 22.7. The second kappa shape index (κ2) is 19.3. The highest BCUT2D eigenvalue weighted by Gasteiger charge is 2.39. The minimum absolute atomic E-state index is 0.211. The van der Waals surface area contributed by atoms with E-state index in [1.807, 2.05) is 0 Å². The van der Waals surface area contributed by atoms with Crippen LogP contribution in [-0.4, -0.2) is 32.8 Å². The van der Waals surface area contributed by atoms with E-state index in [9.17, 15) is 28.7 Å². The second-order valence-corrected chi connectivity index (χ2v) is 13.1. The number of phosphoric acid groups is 2. The average Bonchev–Trinajstić information content (AvgIpc) is 2.76. The van der Waals surface area contributed by atoms with E-state index >= 15 is 0 Å². The Morgan fingerprint density at radius 3 is 1.43 bits per heavy atom. The van der Waals surface area contributed by atoms with Crippen molar-refractivity contribution in [3.05, 3.63) is 0 Å². The number of unbranched alkanes of at least 4 members (excludes halogenated alkanes) is 8. The molecule has 0 aliphatic heterocycles. The monoisotopic (exact) mass is 544 g/mol. The van der Waals surface area contributed by atoms with Gasteiger partial charge in [0.05, 0.1) is 13.2 Å². The van der Waals surface area contributed by atoms with Crippen molar-refractivity contribution in [2.45, 2.75) is 130 Å². The molecular formula is C25H54O8P2. The molecule has 0 aromatic rings. The van der Waals surface area contributed by atoms with E-state index < -0.39 is 21.1 Å². The Balaban J connectivity index is 5.81. The summed E-state index contributed by atoms with van der Waals surface area (Å²) in [5.74, 6) is 0.496. The molecule has 0 radical (unpaired) electrons. The van der Waals surface area contributed by atoms with Gasteiger partial charge in [0.1, 0.15) is 0 Å². The number of rotatable bonds is 24. The van der Waals surface area contributed by atoms with Gasteiger partial charge in [0.15, 0.2) is 0 Å². The summed E-state index contributed by atoms with van der Waals surface area (Å²) in [6.45, 7) is 8.01. The molecule has 212 valence electrons. The molecule has 8 nitrogen and oxygen atoms in total. The smallest absolute Gasteiger partial charge is 0.303 e. The van der Waals surface area contributed by atoms with E-state index in [0.29, 0.717) is 12.8 Å². The Kier molecular flexibility index (Phi) is 19.4. The van der Waals surface area contributed by atoms with Crippen LogP contribution in [0.15, 0.2) is 0 Å². The maximum Gasteiger partial charge on any atom is 0.469 e. The van der Waals surface area contributed by atoms with Crippen molar-refractivity contribution >= 4 is 15.6 Å². The molecule has 0 amide bonds. The molecule has 0 bridgehead atoms. The van der Waals surface area contributed by atoms with Crippen molar-refractivity contribution in [2.75, 3.05) is 13.2 Å². The van der Waals surface area contributed by atoms with Gasteiger partial charge in [-0.05, 0) is 24.7 Å². The zero-order chi connectivity index (χ0) is 26.8. The van der Waals surface area contributed by atoms with Crippen LogP contribution in [0.3, 0.4) is 0 Å². The van der Waals surface area contributed by atoms with Gasteiger partial charge in [0.25, 0.3) is 0 Å². The van der Waals surface area contributed by atoms with E-state index in [1.54, 1.807) is 0 Å². The van der Waals surface area contributed by atoms with Crippen LogP contribution in [-0.2, 0) is 18.2 Å². The number of hydrogen-bond donors (Lipinski definition) is 4. The first kappa shape index (κ1) is 35.2. The molecule has 0 spiro atoms. The third-order valence-corrected chi connectivity index (χ3v) is 7.74. The first-order valence-electron chi connectivity index (χ1n) is 13.8. The Morgan fingerprint density at radius 1 is 0.629 bits per heavy atom. The van der Waals surface area contributed by atoms with Crippen molar-refractivity contribution < 1.29 is 37.8 Å². The Bertz CT molecular complexity index is 566. The van der Waals surface area contributed by atoms with Gasteiger partial charge in [-0.15, -0.1) is 0 Å². The largest absolute Gasteiger partial charge is 0.469 e. The second-order valence-electron chi connectivity index (χ2n) is 10.6. The van der Waals surface area contributed by atoms with Crippen LogP contribution >= 0.6 is 15.6 Å². The Labute approximate surface area is 214 Å². The van der Waals surface area contributed by atoms with Crippen molar-refractivity contribution in [1.82, 2.24) is 0 Å². The van der Waals surface area contributed by atoms with E-state index in [1.165, 1.54) is 12.8 Å². The summed E-state index contributed by atoms with van der Waals surface area (Å²) in [5.41, 5.74) is -0.881. The van der Waals surface area contributed by atoms with Crippen molar-refractivity contribution in [2.24, 2.45) is 17.3 Å². The normalized spacial score (nSPS) is 14.1. The molecule has 1 unspecified atom stereocenters. The predicted octanol–water partition coefficient (Wildman–Crippen LogP) is 7.75. The quantitative estimate of drug-likeness (QED) is 0.0716. The lowest BCUT2D eigenvalue weighted by Crippen LogP contribution is -2.36. The van der Waals surface area contributed by atoms with Crippen LogP contribution in [0, 0.1) is 17.3 Å². The van der Waals surface area contributed by atoms with Crippen LogP contribution in [0.5, 0.6) is 0 Å². The minimum Gasteiger partial charge on any atom is -0.303 e. The summed E-state index contributed by atoms with van der Waals surface area (Å²) in [5, 5.41) is 0. The van der Waals surface area contributed by atoms with Gasteiger partial charge in [0.2, 0.25) is 0 Å². The lowest BCUT2D eigenvalue weighted by Gasteiger charge is -2.38. The van der Waals surface area contributed by atoms with E-state index in [4.69, 9.17) is 9.05 Å². The summed E-state index contributed by atoms with van der Waals surface area (Å²) in [6.07, 6.45) is 16.3. The molecule has 0 aromatic carbocycles. The Morgan fingerprint density at radius 2 is 1.03 bits per heavy atom. The van der Waals surface area contributed by atoms with E-state index in [-0.39, 0.29) is 25.0 Å². The van der Waals surface area contributed by atoms with Gasteiger partial charge in [-0.1, -0.05) is 118 Å². The molecule has 10 heteroatoms. The third kappa shape index (κ3) is 20.9. The average molecular weight is 545 g/mol. The maximum atomic E-state index is 11.6. The SMILES string of the molecule is CCCCCCC(CCCCCC)CC(COP(=O)(O)O)(COP(=O)(O)O)CC(C)CCCCC. The van der Waals surface area contributed by atoms with Gasteiger partial charge in [-0.2, -0.15) is 0 Å². The molecule has 0 rings (SSSR count). The molecule has 0 saturated heterocycles. The topological polar surface area (TPSA) is 134 Å². The molecule has 0 saturated carbocycles. The summed E-state index contributed by atoms with van der Waals surface area (Å²) >= 11 is 0. The van der Waals surface area contributed by atoms with E-state index in [0.717, 1.165) is 77.0 Å². The lowest BCUT2D eigenvalue weighted by atomic mass is 9.71. The minimum atomic E-state index is -4.75. The fourth-order valence-electron chi connectivity index (χ4n) is 5.07. The van der Waals surface area contributed by atoms with Gasteiger partial charge in [-0.25, -0.2) is 9.13 Å². The van der Waals surface area contributed by atoms with Crippen molar-refractivity contribution in [1.29, 1.82) is 0 Å². The molecule has 1 atom stereocenters. The Hall–Kier alpha value is 0.220.